The molecule has 0 aromatic carbocycles. The molecule has 0 bridgehead atoms. The number of nitrogens with one attached hydrogen (secondary N) is 1. The van der Waals surface area contributed by atoms with Crippen LogP contribution in [-0.4, -0.2) is 21.8 Å². The summed E-state index contributed by atoms with van der Waals surface area (Å²) in [5.74, 6) is 0. The molecule has 0 aliphatic heterocycles. The smallest absolute Gasteiger partial charge is 0.0624 e. The fourth-order valence-corrected chi connectivity index (χ4v) is 2.33. The average Bonchev–Trinajstić information content (AvgIpc) is 2.78. The molecular formula is C14H19BrN4. The van der Waals surface area contributed by atoms with E-state index in [0.29, 0.717) is 0 Å². The summed E-state index contributed by atoms with van der Waals surface area (Å²) in [6, 6.07) is 6.44. The largest absolute Gasteiger partial charge is 0.311 e. The van der Waals surface area contributed by atoms with Gasteiger partial charge in [0.25, 0.3) is 0 Å². The summed E-state index contributed by atoms with van der Waals surface area (Å²) in [6.07, 6.45) is 3.68. The summed E-state index contributed by atoms with van der Waals surface area (Å²) in [5.41, 5.74) is 3.40. The minimum Gasteiger partial charge on any atom is -0.311 e. The van der Waals surface area contributed by atoms with Gasteiger partial charge in [-0.2, -0.15) is 5.10 Å². The molecule has 1 N–H and O–H groups in total. The van der Waals surface area contributed by atoms with E-state index in [1.54, 1.807) is 0 Å². The highest BCUT2D eigenvalue weighted by Gasteiger charge is 2.14. The van der Waals surface area contributed by atoms with Crippen LogP contribution in [0.1, 0.15) is 30.0 Å². The van der Waals surface area contributed by atoms with Crippen molar-refractivity contribution in [1.82, 2.24) is 20.1 Å². The Hall–Kier alpha value is -1.20. The molecule has 2 aromatic rings. The van der Waals surface area contributed by atoms with Gasteiger partial charge in [-0.05, 0) is 47.6 Å². The molecule has 1 atom stereocenters. The molecule has 0 spiro atoms. The molecule has 2 aromatic heterocycles. The van der Waals surface area contributed by atoms with Crippen LogP contribution in [0.3, 0.4) is 0 Å². The molecule has 0 radical (unpaired) electrons. The molecule has 5 heteroatoms. The Morgan fingerprint density at radius 2 is 2.21 bits per heavy atom. The molecular weight excluding hydrogens is 304 g/mol. The first-order chi connectivity index (χ1) is 9.13. The van der Waals surface area contributed by atoms with Crippen LogP contribution in [0.15, 0.2) is 28.9 Å². The van der Waals surface area contributed by atoms with Crippen molar-refractivity contribution in [3.63, 3.8) is 0 Å². The summed E-state index contributed by atoms with van der Waals surface area (Å²) in [5, 5.41) is 7.81. The molecule has 2 rings (SSSR count). The molecule has 102 valence electrons. The highest BCUT2D eigenvalue weighted by atomic mass is 79.9. The van der Waals surface area contributed by atoms with Crippen LogP contribution in [0.5, 0.6) is 0 Å². The number of rotatable bonds is 5. The SMILES string of the molecule is CCc1cc(CC(NC)c2ccc(Br)cn2)n(C)n1. The van der Waals surface area contributed by atoms with E-state index in [2.05, 4.69) is 44.3 Å². The maximum Gasteiger partial charge on any atom is 0.0624 e. The van der Waals surface area contributed by atoms with Gasteiger partial charge in [-0.3, -0.25) is 9.67 Å². The van der Waals surface area contributed by atoms with Crippen molar-refractivity contribution in [2.75, 3.05) is 7.05 Å². The standard InChI is InChI=1S/C14H19BrN4/c1-4-11-7-12(19(3)18-11)8-14(16-2)13-6-5-10(15)9-17-13/h5-7,9,14,16H,4,8H2,1-3H3. The zero-order chi connectivity index (χ0) is 13.8. The lowest BCUT2D eigenvalue weighted by Crippen LogP contribution is -2.21. The Morgan fingerprint density at radius 3 is 2.74 bits per heavy atom. The Balaban J connectivity index is 2.18. The number of hydrogen-bond donors (Lipinski definition) is 1. The van der Waals surface area contributed by atoms with Crippen LogP contribution < -0.4 is 5.32 Å². The normalized spacial score (nSPS) is 12.6. The van der Waals surface area contributed by atoms with E-state index in [0.717, 1.165) is 28.7 Å². The van der Waals surface area contributed by atoms with Gasteiger partial charge in [-0.25, -0.2) is 0 Å². The molecule has 0 saturated heterocycles. The van der Waals surface area contributed by atoms with Gasteiger partial charge < -0.3 is 5.32 Å². The molecule has 1 unspecified atom stereocenters. The van der Waals surface area contributed by atoms with Gasteiger partial charge in [0.2, 0.25) is 0 Å². The van der Waals surface area contributed by atoms with Gasteiger partial charge in [0.1, 0.15) is 0 Å². The summed E-state index contributed by atoms with van der Waals surface area (Å²) in [4.78, 5) is 4.46. The van der Waals surface area contributed by atoms with Crippen molar-refractivity contribution >= 4 is 15.9 Å². The average molecular weight is 323 g/mol. The lowest BCUT2D eigenvalue weighted by atomic mass is 10.1. The van der Waals surface area contributed by atoms with Crippen molar-refractivity contribution in [1.29, 1.82) is 0 Å². The van der Waals surface area contributed by atoms with E-state index >= 15 is 0 Å². The summed E-state index contributed by atoms with van der Waals surface area (Å²) < 4.78 is 2.96. The topological polar surface area (TPSA) is 42.7 Å². The number of halogens is 1. The third kappa shape index (κ3) is 3.42. The number of nitrogens with zero attached hydrogens (tertiary/aromatic N) is 3. The Morgan fingerprint density at radius 1 is 1.42 bits per heavy atom. The fraction of sp³-hybridized carbons (Fsp3) is 0.429. The van der Waals surface area contributed by atoms with Crippen molar-refractivity contribution in [3.05, 3.63) is 46.0 Å². The first kappa shape index (κ1) is 14.2. The zero-order valence-corrected chi connectivity index (χ0v) is 13.1. The lowest BCUT2D eigenvalue weighted by molar-refractivity contribution is 0.548. The monoisotopic (exact) mass is 322 g/mol. The predicted octanol–water partition coefficient (Wildman–Crippen LogP) is 2.64. The molecule has 19 heavy (non-hydrogen) atoms. The van der Waals surface area contributed by atoms with E-state index in [1.807, 2.05) is 37.1 Å². The minimum absolute atomic E-state index is 0.202. The molecule has 0 saturated carbocycles. The maximum absolute atomic E-state index is 4.49. The van der Waals surface area contributed by atoms with Gasteiger partial charge in [0, 0.05) is 29.8 Å². The van der Waals surface area contributed by atoms with E-state index < -0.39 is 0 Å². The van der Waals surface area contributed by atoms with E-state index in [-0.39, 0.29) is 6.04 Å². The Labute approximate surface area is 122 Å². The van der Waals surface area contributed by atoms with Gasteiger partial charge in [0.05, 0.1) is 17.4 Å². The minimum atomic E-state index is 0.202. The summed E-state index contributed by atoms with van der Waals surface area (Å²) >= 11 is 3.41. The second kappa shape index (κ2) is 6.30. The van der Waals surface area contributed by atoms with E-state index in [1.165, 1.54) is 5.69 Å². The number of pyridine rings is 1. The Bertz CT molecular complexity index is 533. The quantitative estimate of drug-likeness (QED) is 0.920. The molecule has 4 nitrogen and oxygen atoms in total. The number of hydrogen-bond acceptors (Lipinski definition) is 3. The Kier molecular flexibility index (Phi) is 4.71. The second-order valence-corrected chi connectivity index (χ2v) is 5.47. The van der Waals surface area contributed by atoms with Crippen molar-refractivity contribution in [3.8, 4) is 0 Å². The predicted molar refractivity (Wildman–Crippen MR) is 80.0 cm³/mol. The molecule has 0 aliphatic carbocycles. The van der Waals surface area contributed by atoms with Crippen LogP contribution in [-0.2, 0) is 19.9 Å². The fourth-order valence-electron chi connectivity index (χ4n) is 2.09. The highest BCUT2D eigenvalue weighted by molar-refractivity contribution is 9.10. The second-order valence-electron chi connectivity index (χ2n) is 4.55. The number of aromatic nitrogens is 3. The van der Waals surface area contributed by atoms with Crippen LogP contribution in [0.4, 0.5) is 0 Å². The molecule has 0 amide bonds. The van der Waals surface area contributed by atoms with Crippen LogP contribution in [0.2, 0.25) is 0 Å². The first-order valence-corrected chi connectivity index (χ1v) is 7.23. The van der Waals surface area contributed by atoms with Crippen LogP contribution >= 0.6 is 15.9 Å². The van der Waals surface area contributed by atoms with E-state index in [4.69, 9.17) is 0 Å². The number of aryl methyl sites for hydroxylation is 2. The van der Waals surface area contributed by atoms with Gasteiger partial charge in [0.15, 0.2) is 0 Å². The first-order valence-electron chi connectivity index (χ1n) is 6.44. The lowest BCUT2D eigenvalue weighted by Gasteiger charge is -2.15. The van der Waals surface area contributed by atoms with Crippen LogP contribution in [0, 0.1) is 0 Å². The maximum atomic E-state index is 4.49. The molecule has 2 heterocycles. The molecule has 0 aliphatic rings. The van der Waals surface area contributed by atoms with Crippen molar-refractivity contribution in [2.24, 2.45) is 7.05 Å². The van der Waals surface area contributed by atoms with Crippen molar-refractivity contribution in [2.45, 2.75) is 25.8 Å². The van der Waals surface area contributed by atoms with Crippen LogP contribution in [0.25, 0.3) is 0 Å². The summed E-state index contributed by atoms with van der Waals surface area (Å²) in [7, 11) is 3.96. The van der Waals surface area contributed by atoms with Gasteiger partial charge in [-0.15, -0.1) is 0 Å². The van der Waals surface area contributed by atoms with Gasteiger partial charge in [-0.1, -0.05) is 6.92 Å². The number of likely N-dealkylation sites (N-methyl/N-ethyl adjacent to an activating group) is 1. The highest BCUT2D eigenvalue weighted by Crippen LogP contribution is 2.18. The summed E-state index contributed by atoms with van der Waals surface area (Å²) in [6.45, 7) is 2.12. The molecule has 0 fully saturated rings. The van der Waals surface area contributed by atoms with Gasteiger partial charge >= 0.3 is 0 Å². The van der Waals surface area contributed by atoms with Crippen molar-refractivity contribution < 1.29 is 0 Å². The zero-order valence-electron chi connectivity index (χ0n) is 11.5. The third-order valence-corrected chi connectivity index (χ3v) is 3.73. The third-order valence-electron chi connectivity index (χ3n) is 3.26. The van der Waals surface area contributed by atoms with E-state index in [9.17, 15) is 0 Å².